The molecule has 0 saturated heterocycles. The first-order valence-electron chi connectivity index (χ1n) is 12.3. The summed E-state index contributed by atoms with van der Waals surface area (Å²) in [5, 5.41) is 0. The Morgan fingerprint density at radius 2 is 0.737 bits per heavy atom. The minimum absolute atomic E-state index is 0.164. The third-order valence-electron chi connectivity index (χ3n) is 6.13. The van der Waals surface area contributed by atoms with Crippen LogP contribution in [0.1, 0.15) is 43.0 Å². The van der Waals surface area contributed by atoms with Gasteiger partial charge in [-0.3, -0.25) is 9.59 Å². The van der Waals surface area contributed by atoms with Crippen LogP contribution < -0.4 is 9.47 Å². The van der Waals surface area contributed by atoms with Crippen LogP contribution in [0.15, 0.2) is 121 Å². The lowest BCUT2D eigenvalue weighted by Gasteiger charge is -2.09. The molecule has 5 rings (SSSR count). The molecule has 0 bridgehead atoms. The summed E-state index contributed by atoms with van der Waals surface area (Å²) >= 11 is 0. The van der Waals surface area contributed by atoms with Gasteiger partial charge in [0.25, 0.3) is 0 Å². The fraction of sp³-hybridized carbons (Fsp3) is 0.0588. The second-order valence-electron chi connectivity index (χ2n) is 9.12. The predicted octanol–water partition coefficient (Wildman–Crippen LogP) is 8.35. The molecule has 0 aliphatic carbocycles. The number of carbonyl (C=O) groups is 2. The van der Waals surface area contributed by atoms with E-state index < -0.39 is 0 Å². The van der Waals surface area contributed by atoms with E-state index in [0.29, 0.717) is 33.8 Å². The Balaban J connectivity index is 1.27. The summed E-state index contributed by atoms with van der Waals surface area (Å²) in [6, 6.07) is 36.3. The maximum absolute atomic E-state index is 13.1. The van der Waals surface area contributed by atoms with E-state index in [4.69, 9.17) is 9.47 Å². The van der Waals surface area contributed by atoms with E-state index in [-0.39, 0.29) is 11.6 Å². The molecule has 0 spiro atoms. The summed E-state index contributed by atoms with van der Waals surface area (Å²) in [5.41, 5.74) is 4.24. The molecule has 5 aromatic rings. The number of benzene rings is 5. The monoisotopic (exact) mass is 498 g/mol. The van der Waals surface area contributed by atoms with Crippen molar-refractivity contribution in [2.45, 2.75) is 13.8 Å². The molecule has 4 heteroatoms. The highest BCUT2D eigenvalue weighted by molar-refractivity contribution is 6.13. The Kier molecular flexibility index (Phi) is 7.14. The summed E-state index contributed by atoms with van der Waals surface area (Å²) in [4.78, 5) is 26.3. The maximum atomic E-state index is 13.1. The first-order chi connectivity index (χ1) is 18.4. The molecule has 0 radical (unpaired) electrons. The van der Waals surface area contributed by atoms with Gasteiger partial charge < -0.3 is 9.47 Å². The molecule has 4 nitrogen and oxygen atoms in total. The number of rotatable bonds is 8. The molecule has 38 heavy (non-hydrogen) atoms. The zero-order valence-corrected chi connectivity index (χ0v) is 21.2. The van der Waals surface area contributed by atoms with Gasteiger partial charge in [-0.1, -0.05) is 53.6 Å². The molecule has 0 heterocycles. The van der Waals surface area contributed by atoms with Crippen molar-refractivity contribution in [1.82, 2.24) is 0 Å². The maximum Gasteiger partial charge on any atom is 0.193 e. The minimum Gasteiger partial charge on any atom is -0.457 e. The first kappa shape index (κ1) is 24.7. The Bertz CT molecular complexity index is 1450. The standard InChI is InChI=1S/C34H26O4/c1-23-6-14-29(15-7-23)37-31-18-10-25(11-19-31)33(35)27-4-3-5-28(22-27)34(36)26-12-20-32(21-13-26)38-30-16-8-24(2)9-17-30/h3-22H,1-2H3. The molecule has 0 amide bonds. The molecular formula is C34H26O4. The van der Waals surface area contributed by atoms with Gasteiger partial charge in [-0.25, -0.2) is 0 Å². The molecule has 0 atom stereocenters. The average Bonchev–Trinajstić information content (AvgIpc) is 2.96. The Morgan fingerprint density at radius 3 is 1.08 bits per heavy atom. The van der Waals surface area contributed by atoms with E-state index in [0.717, 1.165) is 22.6 Å². The Morgan fingerprint density at radius 1 is 0.421 bits per heavy atom. The molecule has 0 aromatic heterocycles. The van der Waals surface area contributed by atoms with Crippen LogP contribution in [0.2, 0.25) is 0 Å². The fourth-order valence-electron chi connectivity index (χ4n) is 3.97. The molecule has 0 aliphatic rings. The molecular weight excluding hydrogens is 472 g/mol. The summed E-state index contributed by atoms with van der Waals surface area (Å²) in [5.74, 6) is 2.42. The Labute approximate surface area is 222 Å². The van der Waals surface area contributed by atoms with E-state index in [1.54, 1.807) is 72.8 Å². The van der Waals surface area contributed by atoms with Crippen LogP contribution in [-0.2, 0) is 0 Å². The number of hydrogen-bond donors (Lipinski definition) is 0. The molecule has 0 aliphatic heterocycles. The van der Waals surface area contributed by atoms with Crippen molar-refractivity contribution >= 4 is 11.6 Å². The number of aryl methyl sites for hydroxylation is 2. The summed E-state index contributed by atoms with van der Waals surface area (Å²) in [6.07, 6.45) is 0. The highest BCUT2D eigenvalue weighted by Crippen LogP contribution is 2.25. The Hall–Kier alpha value is -4.96. The second kappa shape index (κ2) is 11.0. The third kappa shape index (κ3) is 5.88. The largest absolute Gasteiger partial charge is 0.457 e. The lowest BCUT2D eigenvalue weighted by atomic mass is 9.97. The van der Waals surface area contributed by atoms with E-state index in [9.17, 15) is 9.59 Å². The smallest absolute Gasteiger partial charge is 0.193 e. The zero-order valence-electron chi connectivity index (χ0n) is 21.2. The van der Waals surface area contributed by atoms with Crippen molar-refractivity contribution in [2.75, 3.05) is 0 Å². The second-order valence-corrected chi connectivity index (χ2v) is 9.12. The molecule has 5 aromatic carbocycles. The van der Waals surface area contributed by atoms with Gasteiger partial charge in [0.15, 0.2) is 11.6 Å². The van der Waals surface area contributed by atoms with E-state index >= 15 is 0 Å². The topological polar surface area (TPSA) is 52.6 Å². The van der Waals surface area contributed by atoms with Crippen LogP contribution in [0.5, 0.6) is 23.0 Å². The van der Waals surface area contributed by atoms with Crippen LogP contribution in [0, 0.1) is 13.8 Å². The van der Waals surface area contributed by atoms with Gasteiger partial charge in [0.05, 0.1) is 0 Å². The van der Waals surface area contributed by atoms with Crippen molar-refractivity contribution in [2.24, 2.45) is 0 Å². The zero-order chi connectivity index (χ0) is 26.5. The predicted molar refractivity (Wildman–Crippen MR) is 149 cm³/mol. The SMILES string of the molecule is Cc1ccc(Oc2ccc(C(=O)c3cccc(C(=O)c4ccc(Oc5ccc(C)cc5)cc4)c3)cc2)cc1. The van der Waals surface area contributed by atoms with Gasteiger partial charge >= 0.3 is 0 Å². The summed E-state index contributed by atoms with van der Waals surface area (Å²) in [6.45, 7) is 4.04. The number of ether oxygens (including phenoxy) is 2. The minimum atomic E-state index is -0.164. The number of hydrogen-bond acceptors (Lipinski definition) is 4. The highest BCUT2D eigenvalue weighted by Gasteiger charge is 2.14. The molecule has 0 saturated carbocycles. The summed E-state index contributed by atoms with van der Waals surface area (Å²) in [7, 11) is 0. The van der Waals surface area contributed by atoms with Crippen molar-refractivity contribution in [3.8, 4) is 23.0 Å². The molecule has 0 fully saturated rings. The van der Waals surface area contributed by atoms with E-state index in [1.165, 1.54) is 0 Å². The van der Waals surface area contributed by atoms with Gasteiger partial charge in [0.1, 0.15) is 23.0 Å². The van der Waals surface area contributed by atoms with Gasteiger partial charge in [-0.2, -0.15) is 0 Å². The fourth-order valence-corrected chi connectivity index (χ4v) is 3.97. The quantitative estimate of drug-likeness (QED) is 0.202. The van der Waals surface area contributed by atoms with Crippen molar-refractivity contribution in [3.05, 3.63) is 155 Å². The molecule has 0 N–H and O–H groups in total. The lowest BCUT2D eigenvalue weighted by Crippen LogP contribution is -2.06. The first-order valence-corrected chi connectivity index (χ1v) is 12.3. The van der Waals surface area contributed by atoms with E-state index in [2.05, 4.69) is 0 Å². The van der Waals surface area contributed by atoms with Crippen LogP contribution in [0.25, 0.3) is 0 Å². The summed E-state index contributed by atoms with van der Waals surface area (Å²) < 4.78 is 11.7. The van der Waals surface area contributed by atoms with Crippen LogP contribution in [0.3, 0.4) is 0 Å². The van der Waals surface area contributed by atoms with Gasteiger partial charge in [-0.05, 0) is 92.7 Å². The molecule has 186 valence electrons. The van der Waals surface area contributed by atoms with Crippen LogP contribution >= 0.6 is 0 Å². The number of carbonyl (C=O) groups excluding carboxylic acids is 2. The number of ketones is 2. The van der Waals surface area contributed by atoms with Crippen LogP contribution in [-0.4, -0.2) is 11.6 Å². The van der Waals surface area contributed by atoms with Gasteiger partial charge in [0, 0.05) is 22.3 Å². The van der Waals surface area contributed by atoms with Crippen molar-refractivity contribution < 1.29 is 19.1 Å². The lowest BCUT2D eigenvalue weighted by molar-refractivity contribution is 0.103. The van der Waals surface area contributed by atoms with Crippen LogP contribution in [0.4, 0.5) is 0 Å². The third-order valence-corrected chi connectivity index (χ3v) is 6.13. The van der Waals surface area contributed by atoms with Gasteiger partial charge in [-0.15, -0.1) is 0 Å². The highest BCUT2D eigenvalue weighted by atomic mass is 16.5. The van der Waals surface area contributed by atoms with E-state index in [1.807, 2.05) is 62.4 Å². The molecule has 0 unspecified atom stereocenters. The normalized spacial score (nSPS) is 10.6. The van der Waals surface area contributed by atoms with Gasteiger partial charge in [0.2, 0.25) is 0 Å². The van der Waals surface area contributed by atoms with Crippen molar-refractivity contribution in [1.29, 1.82) is 0 Å². The van der Waals surface area contributed by atoms with Crippen molar-refractivity contribution in [3.63, 3.8) is 0 Å². The average molecular weight is 499 g/mol.